The summed E-state index contributed by atoms with van der Waals surface area (Å²) in [5.74, 6) is -3.13. The fourth-order valence-corrected chi connectivity index (χ4v) is 11.2. The number of rotatable bonds is 24. The zero-order valence-corrected chi connectivity index (χ0v) is 46.3. The van der Waals surface area contributed by atoms with Crippen molar-refractivity contribution >= 4 is 82.8 Å². The number of benzene rings is 4. The molecule has 0 aliphatic carbocycles. The van der Waals surface area contributed by atoms with E-state index >= 15 is 0 Å². The summed E-state index contributed by atoms with van der Waals surface area (Å²) in [6.45, 7) is 0.561. The number of sulfone groups is 1. The van der Waals surface area contributed by atoms with Crippen molar-refractivity contribution in [3.05, 3.63) is 95.4 Å². The van der Waals surface area contributed by atoms with Crippen molar-refractivity contribution in [3.63, 3.8) is 0 Å². The first-order valence-electron chi connectivity index (χ1n) is 25.4. The molecule has 0 spiro atoms. The van der Waals surface area contributed by atoms with Crippen molar-refractivity contribution in [1.29, 1.82) is 0 Å². The predicted molar refractivity (Wildman–Crippen MR) is 286 cm³/mol. The standard InChI is InChI=1S/C52H58ClN7O19S2/c1-57(13-17-75-18-14-58-27-32(55-56-58)12-16-74-19-15-59-44(62)10-11-45(59)63)50(67)29-4-9-40(76-52-49(66)48(65)47(64)43(28-61)77-52)42(22-29)79-81(71,72)78-41-24-39-46(36-23-33(73-2)5-7-35(36)41)31(25-53)26-60(39)51(68)38-21-30-20-34(80(3,69)70)6-8-37(30)54-38/h4-9,20-24,27,31,43,47-49,52,54,61,64-66H,10-19,25-26,28H2,1-3H3/t31-,43-,47+,48+,49?,52-/m1/s1. The summed E-state index contributed by atoms with van der Waals surface area (Å²) in [4.78, 5) is 58.9. The molecule has 2 saturated heterocycles. The number of methoxy groups -OCH3 is 1. The van der Waals surface area contributed by atoms with Crippen LogP contribution in [-0.4, -0.2) is 200 Å². The number of H-pyrrole nitrogens is 1. The summed E-state index contributed by atoms with van der Waals surface area (Å²) in [6.07, 6.45) is -5.15. The molecule has 0 saturated carbocycles. The summed E-state index contributed by atoms with van der Waals surface area (Å²) in [5.41, 5.74) is 1.88. The largest absolute Gasteiger partial charge is 0.501 e. The third kappa shape index (κ3) is 13.0. The number of carbonyl (C=O) groups is 4. The Morgan fingerprint density at radius 1 is 0.852 bits per heavy atom. The molecule has 3 aliphatic rings. The van der Waals surface area contributed by atoms with Crippen LogP contribution in [0.5, 0.6) is 23.0 Å². The van der Waals surface area contributed by atoms with Gasteiger partial charge in [-0.2, -0.15) is 0 Å². The molecule has 5 N–H and O–H groups in total. The molecule has 4 aromatic carbocycles. The van der Waals surface area contributed by atoms with E-state index in [1.165, 1.54) is 71.3 Å². The Hall–Kier alpha value is -6.99. The van der Waals surface area contributed by atoms with Gasteiger partial charge in [0.05, 0.1) is 69.5 Å². The molecule has 0 bridgehead atoms. The number of anilines is 1. The molecule has 2 aromatic heterocycles. The number of nitrogens with zero attached hydrogens (tertiary/aromatic N) is 6. The molecular weight excluding hydrogens is 1130 g/mol. The fraction of sp³-hybridized carbons (Fsp3) is 0.423. The topological polar surface area (TPSA) is 338 Å². The molecule has 5 heterocycles. The van der Waals surface area contributed by atoms with E-state index in [0.717, 1.165) is 18.4 Å². The number of ether oxygens (including phenoxy) is 5. The summed E-state index contributed by atoms with van der Waals surface area (Å²) in [6, 6.07) is 15.4. The van der Waals surface area contributed by atoms with E-state index in [2.05, 4.69) is 15.3 Å². The Kier molecular flexibility index (Phi) is 17.8. The number of aromatic amines is 1. The van der Waals surface area contributed by atoms with Gasteiger partial charge in [0.1, 0.15) is 35.9 Å². The normalized spacial score (nSPS) is 20.3. The number of aliphatic hydroxyl groups excluding tert-OH is 4. The molecule has 3 aliphatic heterocycles. The average molecular weight is 1180 g/mol. The van der Waals surface area contributed by atoms with Crippen LogP contribution >= 0.6 is 11.6 Å². The molecule has 6 aromatic rings. The minimum Gasteiger partial charge on any atom is -0.497 e. The molecule has 1 unspecified atom stereocenters. The second kappa shape index (κ2) is 24.6. The summed E-state index contributed by atoms with van der Waals surface area (Å²) < 4.78 is 94.5. The number of hydrogen-bond donors (Lipinski definition) is 5. The number of amides is 4. The van der Waals surface area contributed by atoms with Crippen molar-refractivity contribution in [3.8, 4) is 23.0 Å². The molecule has 81 heavy (non-hydrogen) atoms. The number of nitrogens with one attached hydrogen (secondary N) is 1. The van der Waals surface area contributed by atoms with Crippen molar-refractivity contribution in [2.75, 3.05) is 83.9 Å². The lowest BCUT2D eigenvalue weighted by Crippen LogP contribution is -2.60. The highest BCUT2D eigenvalue weighted by molar-refractivity contribution is 7.90. The number of fused-ring (bicyclic) bond motifs is 4. The van der Waals surface area contributed by atoms with Gasteiger partial charge in [0, 0.05) is 91.6 Å². The van der Waals surface area contributed by atoms with Gasteiger partial charge in [0.25, 0.3) is 11.8 Å². The predicted octanol–water partition coefficient (Wildman–Crippen LogP) is 1.69. The van der Waals surface area contributed by atoms with E-state index in [4.69, 9.17) is 43.7 Å². The lowest BCUT2D eigenvalue weighted by molar-refractivity contribution is -0.277. The third-order valence-corrected chi connectivity index (χ3v) is 16.1. The van der Waals surface area contributed by atoms with Gasteiger partial charge in [-0.1, -0.05) is 5.21 Å². The van der Waals surface area contributed by atoms with Crippen LogP contribution in [0.4, 0.5) is 5.69 Å². The fourth-order valence-electron chi connectivity index (χ4n) is 9.54. The Morgan fingerprint density at radius 2 is 1.59 bits per heavy atom. The molecule has 6 atom stereocenters. The summed E-state index contributed by atoms with van der Waals surface area (Å²) in [7, 11) is -5.97. The van der Waals surface area contributed by atoms with Crippen molar-refractivity contribution in [2.45, 2.75) is 67.3 Å². The number of carbonyl (C=O) groups excluding carboxylic acids is 4. The van der Waals surface area contributed by atoms with E-state index in [1.54, 1.807) is 23.0 Å². The zero-order valence-electron chi connectivity index (χ0n) is 43.9. The molecular formula is C52H58ClN7O19S2. The van der Waals surface area contributed by atoms with Crippen molar-refractivity contribution < 1.29 is 88.5 Å². The highest BCUT2D eigenvalue weighted by Crippen LogP contribution is 2.48. The van der Waals surface area contributed by atoms with Crippen LogP contribution < -0.4 is 22.7 Å². The van der Waals surface area contributed by atoms with Crippen LogP contribution in [0, 0.1) is 0 Å². The van der Waals surface area contributed by atoms with Gasteiger partial charge in [0.2, 0.25) is 18.1 Å². The number of aromatic nitrogens is 4. The first kappa shape index (κ1) is 58.7. The van der Waals surface area contributed by atoms with Gasteiger partial charge in [-0.15, -0.1) is 25.1 Å². The van der Waals surface area contributed by atoms with Crippen LogP contribution in [0.2, 0.25) is 0 Å². The first-order chi connectivity index (χ1) is 38.7. The van der Waals surface area contributed by atoms with Crippen LogP contribution in [0.15, 0.2) is 77.8 Å². The number of halogens is 1. The van der Waals surface area contributed by atoms with Gasteiger partial charge in [0.15, 0.2) is 27.1 Å². The third-order valence-electron chi connectivity index (χ3n) is 13.9. The quantitative estimate of drug-likeness (QED) is 0.0327. The Balaban J connectivity index is 0.917. The van der Waals surface area contributed by atoms with Gasteiger partial charge >= 0.3 is 10.4 Å². The van der Waals surface area contributed by atoms with E-state index in [-0.39, 0.29) is 103 Å². The Bertz CT molecular complexity index is 3560. The summed E-state index contributed by atoms with van der Waals surface area (Å²) in [5, 5.41) is 51.0. The Labute approximate surface area is 468 Å². The van der Waals surface area contributed by atoms with Crippen LogP contribution in [0.3, 0.4) is 0 Å². The second-order valence-corrected chi connectivity index (χ2v) is 22.8. The number of likely N-dealkylation sites (tertiary alicyclic amines) is 1. The molecule has 9 rings (SSSR count). The van der Waals surface area contributed by atoms with Crippen LogP contribution in [0.1, 0.15) is 50.9 Å². The smallest absolute Gasteiger partial charge is 0.497 e. The molecule has 26 nitrogen and oxygen atoms in total. The highest BCUT2D eigenvalue weighted by atomic mass is 35.5. The van der Waals surface area contributed by atoms with Gasteiger partial charge in [-0.05, 0) is 71.6 Å². The SMILES string of the molecule is COc1ccc2c(OS(=O)(=O)Oc3cc(C(=O)N(C)CCOCCn4cc(CCOCCN5C(=O)CCC5=O)nn4)ccc3O[C@@H]3O[C@H](CO)[C@H](O)[C@H](O)C3O)cc3c(c2c1)[C@H](CCl)CN3C(=O)c1cc2cc(S(C)(=O)=O)ccc2[nH]1. The maximum Gasteiger partial charge on any atom is 0.501 e. The minimum atomic E-state index is -5.30. The number of aliphatic hydroxyl groups is 4. The highest BCUT2D eigenvalue weighted by Gasteiger charge is 2.45. The zero-order chi connectivity index (χ0) is 57.9. The first-order valence-corrected chi connectivity index (χ1v) is 29.2. The molecule has 0 radical (unpaired) electrons. The van der Waals surface area contributed by atoms with E-state index in [9.17, 15) is 56.4 Å². The number of alkyl halides is 1. The molecule has 29 heteroatoms. The monoisotopic (exact) mass is 1180 g/mol. The number of hydrogen-bond acceptors (Lipinski definition) is 21. The molecule has 434 valence electrons. The van der Waals surface area contributed by atoms with Crippen molar-refractivity contribution in [1.82, 2.24) is 29.8 Å². The summed E-state index contributed by atoms with van der Waals surface area (Å²) >= 11 is 6.55. The minimum absolute atomic E-state index is 0.0335. The maximum atomic E-state index is 14.5. The van der Waals surface area contributed by atoms with E-state index in [1.807, 2.05) is 0 Å². The average Bonchev–Trinajstić information content (AvgIpc) is 4.47. The molecule has 4 amide bonds. The van der Waals surface area contributed by atoms with Crippen LogP contribution in [-0.2, 0) is 57.0 Å². The van der Waals surface area contributed by atoms with Gasteiger partial charge < -0.3 is 67.3 Å². The van der Waals surface area contributed by atoms with E-state index < -0.39 is 86.8 Å². The van der Waals surface area contributed by atoms with Crippen LogP contribution in [0.25, 0.3) is 21.7 Å². The maximum absolute atomic E-state index is 14.5. The van der Waals surface area contributed by atoms with Gasteiger partial charge in [-0.25, -0.2) is 13.1 Å². The van der Waals surface area contributed by atoms with Gasteiger partial charge in [-0.3, -0.25) is 24.1 Å². The molecule has 2 fully saturated rings. The Morgan fingerprint density at radius 3 is 2.32 bits per heavy atom. The number of likely N-dealkylation sites (N-methyl/N-ethyl adjacent to an activating group) is 1. The van der Waals surface area contributed by atoms with Crippen molar-refractivity contribution in [2.24, 2.45) is 0 Å². The second-order valence-electron chi connectivity index (χ2n) is 19.4. The number of imide groups is 1. The lowest BCUT2D eigenvalue weighted by Gasteiger charge is -2.39. The lowest BCUT2D eigenvalue weighted by atomic mass is 9.95. The van der Waals surface area contributed by atoms with E-state index in [0.29, 0.717) is 52.9 Å².